The topological polar surface area (TPSA) is 15.3 Å². The van der Waals surface area contributed by atoms with Crippen molar-refractivity contribution >= 4 is 0 Å². The van der Waals surface area contributed by atoms with Crippen molar-refractivity contribution < 1.29 is 0 Å². The lowest BCUT2D eigenvalue weighted by Crippen LogP contribution is -2.33. The van der Waals surface area contributed by atoms with E-state index in [4.69, 9.17) is 0 Å². The molecule has 2 rings (SSSR count). The Morgan fingerprint density at radius 3 is 2.31 bits per heavy atom. The summed E-state index contributed by atoms with van der Waals surface area (Å²) in [5.74, 6) is 0. The minimum absolute atomic E-state index is 0.844. The molecule has 2 nitrogen and oxygen atoms in total. The Balaban J connectivity index is 1.50. The van der Waals surface area contributed by atoms with Crippen LogP contribution in [0.15, 0.2) is 0 Å². The molecule has 0 aliphatic heterocycles. The van der Waals surface area contributed by atoms with Gasteiger partial charge in [-0.25, -0.2) is 0 Å². The van der Waals surface area contributed by atoms with Crippen LogP contribution in [0.3, 0.4) is 0 Å². The largest absolute Gasteiger partial charge is 0.314 e. The second-order valence-electron chi connectivity index (χ2n) is 5.71. The molecular formula is C14H28N2. The average Bonchev–Trinajstić information content (AvgIpc) is 2.96. The maximum atomic E-state index is 3.70. The summed E-state index contributed by atoms with van der Waals surface area (Å²) in [6.07, 6.45) is 12.8. The van der Waals surface area contributed by atoms with E-state index in [0.29, 0.717) is 0 Å². The van der Waals surface area contributed by atoms with Gasteiger partial charge in [-0.1, -0.05) is 25.7 Å². The van der Waals surface area contributed by atoms with Crippen LogP contribution in [0.5, 0.6) is 0 Å². The molecule has 2 aliphatic carbocycles. The molecule has 0 unspecified atom stereocenters. The van der Waals surface area contributed by atoms with Crippen molar-refractivity contribution in [2.24, 2.45) is 0 Å². The summed E-state index contributed by atoms with van der Waals surface area (Å²) in [4.78, 5) is 2.59. The Hall–Kier alpha value is -0.0800. The molecule has 0 bridgehead atoms. The zero-order valence-corrected chi connectivity index (χ0v) is 10.9. The van der Waals surface area contributed by atoms with E-state index < -0.39 is 0 Å². The second kappa shape index (κ2) is 6.61. The summed E-state index contributed by atoms with van der Waals surface area (Å²) in [5, 5.41) is 3.70. The van der Waals surface area contributed by atoms with Gasteiger partial charge in [0.15, 0.2) is 0 Å². The molecule has 1 N–H and O–H groups in total. The SMILES string of the molecule is CN(CCCNC1CCCC1)C1CCCC1. The molecule has 0 aromatic heterocycles. The van der Waals surface area contributed by atoms with Gasteiger partial charge in [0.05, 0.1) is 0 Å². The Kier molecular flexibility index (Phi) is 5.11. The zero-order valence-electron chi connectivity index (χ0n) is 10.9. The van der Waals surface area contributed by atoms with Crippen molar-refractivity contribution in [1.29, 1.82) is 0 Å². The number of nitrogens with zero attached hydrogens (tertiary/aromatic N) is 1. The van der Waals surface area contributed by atoms with Gasteiger partial charge in [0.2, 0.25) is 0 Å². The van der Waals surface area contributed by atoms with Crippen molar-refractivity contribution in [3.63, 3.8) is 0 Å². The summed E-state index contributed by atoms with van der Waals surface area (Å²) >= 11 is 0. The number of hydrogen-bond acceptors (Lipinski definition) is 2. The summed E-state index contributed by atoms with van der Waals surface area (Å²) in [6, 6.07) is 1.74. The lowest BCUT2D eigenvalue weighted by Gasteiger charge is -2.24. The summed E-state index contributed by atoms with van der Waals surface area (Å²) in [6.45, 7) is 2.51. The summed E-state index contributed by atoms with van der Waals surface area (Å²) < 4.78 is 0. The first-order chi connectivity index (χ1) is 7.86. The van der Waals surface area contributed by atoms with Crippen LogP contribution in [0.4, 0.5) is 0 Å². The van der Waals surface area contributed by atoms with Crippen LogP contribution in [0, 0.1) is 0 Å². The second-order valence-corrected chi connectivity index (χ2v) is 5.71. The van der Waals surface area contributed by atoms with E-state index in [1.807, 2.05) is 0 Å². The third-order valence-electron chi connectivity index (χ3n) is 4.42. The molecule has 0 amide bonds. The van der Waals surface area contributed by atoms with Gasteiger partial charge in [-0.2, -0.15) is 0 Å². The number of rotatable bonds is 6. The molecule has 0 spiro atoms. The lowest BCUT2D eigenvalue weighted by atomic mass is 10.2. The molecule has 0 heterocycles. The molecule has 0 aromatic rings. The molecule has 0 radical (unpaired) electrons. The van der Waals surface area contributed by atoms with E-state index in [2.05, 4.69) is 17.3 Å². The van der Waals surface area contributed by atoms with Gasteiger partial charge in [-0.05, 0) is 52.2 Å². The first-order valence-corrected chi connectivity index (χ1v) is 7.30. The van der Waals surface area contributed by atoms with Crippen molar-refractivity contribution in [1.82, 2.24) is 10.2 Å². The highest BCUT2D eigenvalue weighted by Crippen LogP contribution is 2.22. The Labute approximate surface area is 101 Å². The molecular weight excluding hydrogens is 196 g/mol. The fourth-order valence-electron chi connectivity index (χ4n) is 3.29. The maximum absolute atomic E-state index is 3.70. The smallest absolute Gasteiger partial charge is 0.00922 e. The van der Waals surface area contributed by atoms with E-state index in [0.717, 1.165) is 12.1 Å². The fourth-order valence-corrected chi connectivity index (χ4v) is 3.29. The molecule has 0 saturated heterocycles. The van der Waals surface area contributed by atoms with Crippen LogP contribution in [0.2, 0.25) is 0 Å². The van der Waals surface area contributed by atoms with Crippen LogP contribution < -0.4 is 5.32 Å². The third-order valence-corrected chi connectivity index (χ3v) is 4.42. The van der Waals surface area contributed by atoms with Gasteiger partial charge in [0.25, 0.3) is 0 Å². The van der Waals surface area contributed by atoms with E-state index in [1.54, 1.807) is 0 Å². The Bertz CT molecular complexity index is 181. The fraction of sp³-hybridized carbons (Fsp3) is 1.00. The summed E-state index contributed by atoms with van der Waals surface area (Å²) in [5.41, 5.74) is 0. The quantitative estimate of drug-likeness (QED) is 0.698. The van der Waals surface area contributed by atoms with E-state index >= 15 is 0 Å². The first-order valence-electron chi connectivity index (χ1n) is 7.30. The predicted molar refractivity (Wildman–Crippen MR) is 69.8 cm³/mol. The van der Waals surface area contributed by atoms with Crippen LogP contribution in [-0.4, -0.2) is 37.1 Å². The zero-order chi connectivity index (χ0) is 11.2. The highest BCUT2D eigenvalue weighted by atomic mass is 15.1. The Morgan fingerprint density at radius 1 is 1.00 bits per heavy atom. The van der Waals surface area contributed by atoms with Gasteiger partial charge in [-0.3, -0.25) is 0 Å². The van der Waals surface area contributed by atoms with E-state index in [-0.39, 0.29) is 0 Å². The van der Waals surface area contributed by atoms with Crippen LogP contribution in [0.1, 0.15) is 57.8 Å². The number of hydrogen-bond donors (Lipinski definition) is 1. The molecule has 16 heavy (non-hydrogen) atoms. The van der Waals surface area contributed by atoms with Gasteiger partial charge >= 0.3 is 0 Å². The molecule has 0 aromatic carbocycles. The van der Waals surface area contributed by atoms with Crippen LogP contribution in [0.25, 0.3) is 0 Å². The lowest BCUT2D eigenvalue weighted by molar-refractivity contribution is 0.241. The Morgan fingerprint density at radius 2 is 1.62 bits per heavy atom. The van der Waals surface area contributed by atoms with E-state index in [1.165, 1.54) is 70.9 Å². The molecule has 94 valence electrons. The van der Waals surface area contributed by atoms with Crippen molar-refractivity contribution in [3.05, 3.63) is 0 Å². The molecule has 2 aliphatic rings. The van der Waals surface area contributed by atoms with Crippen molar-refractivity contribution in [2.45, 2.75) is 69.9 Å². The van der Waals surface area contributed by atoms with Gasteiger partial charge in [-0.15, -0.1) is 0 Å². The van der Waals surface area contributed by atoms with Crippen molar-refractivity contribution in [2.75, 3.05) is 20.1 Å². The van der Waals surface area contributed by atoms with Crippen LogP contribution >= 0.6 is 0 Å². The first kappa shape index (κ1) is 12.4. The van der Waals surface area contributed by atoms with Gasteiger partial charge < -0.3 is 10.2 Å². The van der Waals surface area contributed by atoms with Crippen molar-refractivity contribution in [3.8, 4) is 0 Å². The van der Waals surface area contributed by atoms with Gasteiger partial charge in [0.1, 0.15) is 0 Å². The monoisotopic (exact) mass is 224 g/mol. The number of nitrogens with one attached hydrogen (secondary N) is 1. The molecule has 2 heteroatoms. The standard InChI is InChI=1S/C14H28N2/c1-16(14-9-4-5-10-14)12-6-11-15-13-7-2-3-8-13/h13-15H,2-12H2,1H3. The maximum Gasteiger partial charge on any atom is 0.00922 e. The van der Waals surface area contributed by atoms with Crippen LogP contribution in [-0.2, 0) is 0 Å². The molecule has 2 fully saturated rings. The minimum atomic E-state index is 0.844. The summed E-state index contributed by atoms with van der Waals surface area (Å²) in [7, 11) is 2.31. The third kappa shape index (κ3) is 3.74. The van der Waals surface area contributed by atoms with E-state index in [9.17, 15) is 0 Å². The minimum Gasteiger partial charge on any atom is -0.314 e. The average molecular weight is 224 g/mol. The molecule has 0 atom stereocenters. The predicted octanol–water partition coefficient (Wildman–Crippen LogP) is 2.78. The molecule has 2 saturated carbocycles. The normalized spacial score (nSPS) is 23.6. The van der Waals surface area contributed by atoms with Gasteiger partial charge in [0, 0.05) is 12.1 Å². The highest BCUT2D eigenvalue weighted by molar-refractivity contribution is 4.76. The highest BCUT2D eigenvalue weighted by Gasteiger charge is 2.19.